The largest absolute Gasteiger partial charge is 0.490 e. The summed E-state index contributed by atoms with van der Waals surface area (Å²) < 4.78 is 11.7. The molecule has 2 N–H and O–H groups in total. The van der Waals surface area contributed by atoms with Crippen molar-refractivity contribution in [1.82, 2.24) is 20.4 Å². The van der Waals surface area contributed by atoms with Crippen LogP contribution in [0, 0.1) is 5.92 Å². The van der Waals surface area contributed by atoms with Crippen molar-refractivity contribution in [2.75, 3.05) is 19.6 Å². The number of hydrogen-bond acceptors (Lipinski definition) is 7. The van der Waals surface area contributed by atoms with E-state index in [0.717, 1.165) is 45.3 Å². The number of hydrogen-bond donors (Lipinski definition) is 2. The van der Waals surface area contributed by atoms with Crippen LogP contribution in [0.3, 0.4) is 0 Å². The third kappa shape index (κ3) is 7.96. The summed E-state index contributed by atoms with van der Waals surface area (Å²) in [5.41, 5.74) is -0.0354. The lowest BCUT2D eigenvalue weighted by Gasteiger charge is -2.46. The summed E-state index contributed by atoms with van der Waals surface area (Å²) in [4.78, 5) is 52.5. The summed E-state index contributed by atoms with van der Waals surface area (Å²) in [6.45, 7) is 12.7. The van der Waals surface area contributed by atoms with Crippen molar-refractivity contribution in [1.29, 1.82) is 0 Å². The fourth-order valence-corrected chi connectivity index (χ4v) is 5.56. The second kappa shape index (κ2) is 12.6. The lowest BCUT2D eigenvalue weighted by atomic mass is 9.85. The minimum absolute atomic E-state index is 0.128. The zero-order valence-corrected chi connectivity index (χ0v) is 24.4. The van der Waals surface area contributed by atoms with E-state index in [9.17, 15) is 19.2 Å². The lowest BCUT2D eigenvalue weighted by molar-refractivity contribution is -0.134. The van der Waals surface area contributed by atoms with Crippen LogP contribution in [-0.2, 0) is 14.3 Å². The maximum absolute atomic E-state index is 12.5. The predicted octanol–water partition coefficient (Wildman–Crippen LogP) is 3.49. The molecular formula is C30H44N4O6. The first kappa shape index (κ1) is 29.8. The van der Waals surface area contributed by atoms with E-state index in [4.69, 9.17) is 9.47 Å². The van der Waals surface area contributed by atoms with Crippen LogP contribution in [0.25, 0.3) is 0 Å². The fraction of sp³-hybridized carbons (Fsp3) is 0.667. The average molecular weight is 557 g/mol. The van der Waals surface area contributed by atoms with Crippen LogP contribution in [-0.4, -0.2) is 83.1 Å². The van der Waals surface area contributed by atoms with Crippen LogP contribution in [0.2, 0.25) is 0 Å². The first-order valence-electron chi connectivity index (χ1n) is 14.5. The highest BCUT2D eigenvalue weighted by molar-refractivity contribution is 6.03. The number of nitrogens with one attached hydrogen (secondary N) is 2. The number of carbonyl (C=O) groups is 4. The molecule has 40 heavy (non-hydrogen) atoms. The van der Waals surface area contributed by atoms with Crippen molar-refractivity contribution >= 4 is 23.8 Å². The number of amides is 4. The smallest absolute Gasteiger partial charge is 0.410 e. The molecule has 3 aliphatic rings. The van der Waals surface area contributed by atoms with Gasteiger partial charge in [0.2, 0.25) is 11.8 Å². The van der Waals surface area contributed by atoms with Crippen molar-refractivity contribution in [2.45, 2.75) is 103 Å². The molecule has 2 aliphatic heterocycles. The minimum atomic E-state index is -0.700. The van der Waals surface area contributed by atoms with Crippen LogP contribution in [0.5, 0.6) is 5.75 Å². The SMILES string of the molecule is CC(C)N(CC1CCN(C(=O)OC(C)(C)C)CC1)C1CC(Oc2ccc(C(=O)NC3CCC(=O)NC3=O)cc2)C1. The third-order valence-electron chi connectivity index (χ3n) is 7.90. The molecule has 0 radical (unpaired) electrons. The molecule has 4 rings (SSSR count). The Hall–Kier alpha value is -3.14. The van der Waals surface area contributed by atoms with Gasteiger partial charge < -0.3 is 19.7 Å². The number of ether oxygens (including phenoxy) is 2. The Morgan fingerprint density at radius 1 is 1.07 bits per heavy atom. The summed E-state index contributed by atoms with van der Waals surface area (Å²) in [7, 11) is 0. The van der Waals surface area contributed by atoms with Gasteiger partial charge >= 0.3 is 6.09 Å². The van der Waals surface area contributed by atoms with E-state index in [-0.39, 0.29) is 30.4 Å². The van der Waals surface area contributed by atoms with Gasteiger partial charge in [-0.25, -0.2) is 4.79 Å². The van der Waals surface area contributed by atoms with E-state index in [2.05, 4.69) is 29.4 Å². The number of carbonyl (C=O) groups excluding carboxylic acids is 4. The van der Waals surface area contributed by atoms with E-state index >= 15 is 0 Å². The quantitative estimate of drug-likeness (QED) is 0.471. The lowest BCUT2D eigenvalue weighted by Crippen LogP contribution is -2.54. The third-order valence-corrected chi connectivity index (χ3v) is 7.90. The van der Waals surface area contributed by atoms with E-state index < -0.39 is 17.6 Å². The first-order valence-corrected chi connectivity index (χ1v) is 14.5. The molecule has 3 fully saturated rings. The van der Waals surface area contributed by atoms with Gasteiger partial charge in [0.25, 0.3) is 5.91 Å². The molecule has 2 heterocycles. The Morgan fingerprint density at radius 2 is 1.73 bits per heavy atom. The van der Waals surface area contributed by atoms with Crippen molar-refractivity contribution in [3.8, 4) is 5.75 Å². The topological polar surface area (TPSA) is 117 Å². The Balaban J connectivity index is 1.20. The number of nitrogens with zero attached hydrogens (tertiary/aromatic N) is 2. The maximum Gasteiger partial charge on any atom is 0.410 e. The van der Waals surface area contributed by atoms with Crippen LogP contribution < -0.4 is 15.4 Å². The van der Waals surface area contributed by atoms with Crippen molar-refractivity contribution in [3.63, 3.8) is 0 Å². The summed E-state index contributed by atoms with van der Waals surface area (Å²) in [6.07, 6.45) is 4.31. The molecule has 1 atom stereocenters. The number of benzene rings is 1. The van der Waals surface area contributed by atoms with Gasteiger partial charge in [-0.2, -0.15) is 0 Å². The highest BCUT2D eigenvalue weighted by Gasteiger charge is 2.38. The molecule has 220 valence electrons. The van der Waals surface area contributed by atoms with Crippen molar-refractivity contribution in [3.05, 3.63) is 29.8 Å². The molecule has 1 saturated carbocycles. The molecule has 0 bridgehead atoms. The van der Waals surface area contributed by atoms with E-state index in [1.54, 1.807) is 24.3 Å². The Labute approximate surface area is 237 Å². The zero-order chi connectivity index (χ0) is 29.0. The van der Waals surface area contributed by atoms with Gasteiger partial charge in [-0.3, -0.25) is 24.6 Å². The number of piperidine rings is 2. The Kier molecular flexibility index (Phi) is 9.38. The molecule has 1 unspecified atom stereocenters. The highest BCUT2D eigenvalue weighted by atomic mass is 16.6. The molecule has 1 aliphatic carbocycles. The second-order valence-electron chi connectivity index (χ2n) is 12.6. The van der Waals surface area contributed by atoms with Gasteiger partial charge in [0.05, 0.1) is 0 Å². The van der Waals surface area contributed by atoms with Crippen LogP contribution in [0.1, 0.15) is 83.5 Å². The fourth-order valence-electron chi connectivity index (χ4n) is 5.56. The molecule has 10 heteroatoms. The molecule has 0 spiro atoms. The standard InChI is InChI=1S/C30H44N4O6/c1-19(2)34(18-20-12-14-33(15-13-20)29(38)40-30(3,4)5)22-16-24(17-22)39-23-8-6-21(7-9-23)27(36)31-25-10-11-26(35)32-28(25)37/h6-9,19-20,22,24-25H,10-18H2,1-5H3,(H,31,36)(H,32,35,37). The Morgan fingerprint density at radius 3 is 2.30 bits per heavy atom. The van der Waals surface area contributed by atoms with Gasteiger partial charge in [0.15, 0.2) is 0 Å². The van der Waals surface area contributed by atoms with Gasteiger partial charge in [-0.1, -0.05) is 0 Å². The van der Waals surface area contributed by atoms with Gasteiger partial charge in [0, 0.05) is 56.5 Å². The van der Waals surface area contributed by atoms with E-state index in [1.165, 1.54) is 0 Å². The molecular weight excluding hydrogens is 512 g/mol. The number of likely N-dealkylation sites (tertiary alicyclic amines) is 1. The van der Waals surface area contributed by atoms with Crippen LogP contribution in [0.15, 0.2) is 24.3 Å². The maximum atomic E-state index is 12.5. The molecule has 0 aromatic heterocycles. The van der Waals surface area contributed by atoms with Gasteiger partial charge in [-0.15, -0.1) is 0 Å². The van der Waals surface area contributed by atoms with Crippen LogP contribution in [0.4, 0.5) is 4.79 Å². The number of rotatable bonds is 8. The van der Waals surface area contributed by atoms with E-state index in [0.29, 0.717) is 35.7 Å². The first-order chi connectivity index (χ1) is 18.9. The zero-order valence-electron chi connectivity index (χ0n) is 24.4. The molecule has 2 saturated heterocycles. The van der Waals surface area contributed by atoms with E-state index in [1.807, 2.05) is 25.7 Å². The normalized spacial score (nSPS) is 24.0. The Bertz CT molecular complexity index is 1070. The summed E-state index contributed by atoms with van der Waals surface area (Å²) in [5.74, 6) is 0.138. The molecule has 4 amide bonds. The summed E-state index contributed by atoms with van der Waals surface area (Å²) >= 11 is 0. The molecule has 1 aromatic carbocycles. The average Bonchev–Trinajstić information content (AvgIpc) is 2.86. The summed E-state index contributed by atoms with van der Waals surface area (Å²) in [5, 5.41) is 4.94. The van der Waals surface area contributed by atoms with Crippen molar-refractivity contribution < 1.29 is 28.7 Å². The van der Waals surface area contributed by atoms with Crippen LogP contribution >= 0.6 is 0 Å². The van der Waals surface area contributed by atoms with Gasteiger partial charge in [-0.05, 0) is 84.1 Å². The predicted molar refractivity (Wildman–Crippen MR) is 150 cm³/mol. The van der Waals surface area contributed by atoms with Gasteiger partial charge in [0.1, 0.15) is 23.5 Å². The monoisotopic (exact) mass is 556 g/mol. The molecule has 1 aromatic rings. The van der Waals surface area contributed by atoms with Crippen molar-refractivity contribution in [2.24, 2.45) is 5.92 Å². The number of imide groups is 1. The highest BCUT2D eigenvalue weighted by Crippen LogP contribution is 2.33. The second-order valence-corrected chi connectivity index (χ2v) is 12.6. The minimum Gasteiger partial charge on any atom is -0.490 e. The summed E-state index contributed by atoms with van der Waals surface area (Å²) in [6, 6.07) is 7.14. The molecule has 10 nitrogen and oxygen atoms in total.